The third-order valence-electron chi connectivity index (χ3n) is 2.16. The first kappa shape index (κ1) is 9.67. The predicted octanol–water partition coefficient (Wildman–Crippen LogP) is 0.782. The Bertz CT molecular complexity index is 492. The number of hydrogen-bond donors (Lipinski definition) is 2. The molecule has 1 atom stereocenters. The van der Waals surface area contributed by atoms with E-state index in [1.807, 2.05) is 0 Å². The summed E-state index contributed by atoms with van der Waals surface area (Å²) in [5.41, 5.74) is 7.47. The maximum Gasteiger partial charge on any atom is 0.320 e. The second-order valence-electron chi connectivity index (χ2n) is 3.26. The normalized spacial score (nSPS) is 12.9. The minimum atomic E-state index is -1.03. The predicted molar refractivity (Wildman–Crippen MR) is 53.3 cm³/mol. The Balaban J connectivity index is 2.32. The van der Waals surface area contributed by atoms with Crippen molar-refractivity contribution >= 4 is 17.1 Å². The van der Waals surface area contributed by atoms with Gasteiger partial charge in [0.15, 0.2) is 5.58 Å². The quantitative estimate of drug-likeness (QED) is 0.774. The van der Waals surface area contributed by atoms with Crippen LogP contribution in [0.15, 0.2) is 29.0 Å². The summed E-state index contributed by atoms with van der Waals surface area (Å²) in [7, 11) is 0. The van der Waals surface area contributed by atoms with Gasteiger partial charge in [-0.2, -0.15) is 0 Å². The zero-order valence-electron chi connectivity index (χ0n) is 7.88. The fourth-order valence-corrected chi connectivity index (χ4v) is 1.39. The van der Waals surface area contributed by atoms with Crippen molar-refractivity contribution < 1.29 is 14.3 Å². The van der Waals surface area contributed by atoms with Gasteiger partial charge < -0.3 is 15.3 Å². The fourth-order valence-electron chi connectivity index (χ4n) is 1.39. The van der Waals surface area contributed by atoms with Crippen LogP contribution < -0.4 is 5.73 Å². The molecular formula is C10H10N2O3. The highest BCUT2D eigenvalue weighted by Crippen LogP contribution is 2.19. The van der Waals surface area contributed by atoms with Crippen LogP contribution in [0.3, 0.4) is 0 Å². The van der Waals surface area contributed by atoms with E-state index in [0.29, 0.717) is 11.1 Å². The molecule has 0 saturated carbocycles. The highest BCUT2D eigenvalue weighted by Gasteiger charge is 2.15. The van der Waals surface area contributed by atoms with Gasteiger partial charge >= 0.3 is 5.97 Å². The van der Waals surface area contributed by atoms with Crippen molar-refractivity contribution in [1.29, 1.82) is 0 Å². The highest BCUT2D eigenvalue weighted by molar-refractivity contribution is 5.78. The number of nitrogens with two attached hydrogens (primary N) is 1. The minimum Gasteiger partial charge on any atom is -0.480 e. The molecule has 2 aromatic heterocycles. The molecule has 0 amide bonds. The second-order valence-corrected chi connectivity index (χ2v) is 3.26. The minimum absolute atomic E-state index is 0.222. The molecule has 2 aromatic rings. The van der Waals surface area contributed by atoms with Crippen LogP contribution in [0, 0.1) is 0 Å². The molecule has 0 bridgehead atoms. The monoisotopic (exact) mass is 206 g/mol. The average Bonchev–Trinajstić information content (AvgIpc) is 2.62. The maximum absolute atomic E-state index is 10.6. The summed E-state index contributed by atoms with van der Waals surface area (Å²) in [6, 6.07) is 2.61. The number of fused-ring (bicyclic) bond motifs is 1. The van der Waals surface area contributed by atoms with Gasteiger partial charge in [-0.25, -0.2) is 0 Å². The Morgan fingerprint density at radius 3 is 3.20 bits per heavy atom. The molecule has 0 aromatic carbocycles. The molecule has 3 N–H and O–H groups in total. The Morgan fingerprint density at radius 1 is 1.67 bits per heavy atom. The first-order valence-corrected chi connectivity index (χ1v) is 4.48. The average molecular weight is 206 g/mol. The summed E-state index contributed by atoms with van der Waals surface area (Å²) >= 11 is 0. The van der Waals surface area contributed by atoms with E-state index >= 15 is 0 Å². The Kier molecular flexibility index (Phi) is 2.39. The van der Waals surface area contributed by atoms with Gasteiger partial charge in [0.2, 0.25) is 0 Å². The summed E-state index contributed by atoms with van der Waals surface area (Å²) in [4.78, 5) is 14.7. The van der Waals surface area contributed by atoms with Gasteiger partial charge in [0, 0.05) is 18.2 Å². The van der Waals surface area contributed by atoms with Gasteiger partial charge in [-0.15, -0.1) is 0 Å². The molecule has 0 fully saturated rings. The molecule has 0 radical (unpaired) electrons. The van der Waals surface area contributed by atoms with Crippen LogP contribution in [-0.4, -0.2) is 22.1 Å². The zero-order chi connectivity index (χ0) is 10.8. The van der Waals surface area contributed by atoms with Crippen LogP contribution >= 0.6 is 0 Å². The largest absolute Gasteiger partial charge is 0.480 e. The van der Waals surface area contributed by atoms with E-state index in [0.717, 1.165) is 5.56 Å². The van der Waals surface area contributed by atoms with Crippen molar-refractivity contribution in [3.8, 4) is 0 Å². The van der Waals surface area contributed by atoms with Crippen molar-refractivity contribution in [2.45, 2.75) is 12.5 Å². The number of hydrogen-bond acceptors (Lipinski definition) is 4. The standard InChI is InChI=1S/C10H10N2O3/c11-7(10(13)14)4-6-5-15-8-2-1-3-12-9(6)8/h1-3,5,7H,4,11H2,(H,13,14). The van der Waals surface area contributed by atoms with E-state index in [4.69, 9.17) is 15.3 Å². The molecule has 2 rings (SSSR count). The summed E-state index contributed by atoms with van der Waals surface area (Å²) in [5, 5.41) is 8.68. The third kappa shape index (κ3) is 1.82. The fraction of sp³-hybridized carbons (Fsp3) is 0.200. The van der Waals surface area contributed by atoms with Crippen LogP contribution in [0.5, 0.6) is 0 Å². The maximum atomic E-state index is 10.6. The second kappa shape index (κ2) is 3.70. The zero-order valence-corrected chi connectivity index (χ0v) is 7.88. The van der Waals surface area contributed by atoms with Gasteiger partial charge in [0.05, 0.1) is 6.26 Å². The number of nitrogens with zero attached hydrogens (tertiary/aromatic N) is 1. The van der Waals surface area contributed by atoms with E-state index in [-0.39, 0.29) is 6.42 Å². The van der Waals surface area contributed by atoms with Crippen LogP contribution in [0.4, 0.5) is 0 Å². The Hall–Kier alpha value is -1.88. The van der Waals surface area contributed by atoms with E-state index in [2.05, 4.69) is 4.98 Å². The van der Waals surface area contributed by atoms with Crippen molar-refractivity contribution in [2.24, 2.45) is 5.73 Å². The molecule has 2 heterocycles. The lowest BCUT2D eigenvalue weighted by Crippen LogP contribution is -2.32. The smallest absolute Gasteiger partial charge is 0.320 e. The van der Waals surface area contributed by atoms with Crippen molar-refractivity contribution in [1.82, 2.24) is 4.98 Å². The van der Waals surface area contributed by atoms with E-state index in [1.54, 1.807) is 18.3 Å². The topological polar surface area (TPSA) is 89.4 Å². The number of pyridine rings is 1. The van der Waals surface area contributed by atoms with Crippen molar-refractivity contribution in [3.05, 3.63) is 30.2 Å². The molecule has 78 valence electrons. The van der Waals surface area contributed by atoms with Crippen LogP contribution in [0.1, 0.15) is 5.56 Å². The van der Waals surface area contributed by atoms with Gasteiger partial charge in [-0.3, -0.25) is 9.78 Å². The van der Waals surface area contributed by atoms with Gasteiger partial charge in [0.25, 0.3) is 0 Å². The van der Waals surface area contributed by atoms with Crippen molar-refractivity contribution in [2.75, 3.05) is 0 Å². The van der Waals surface area contributed by atoms with E-state index in [9.17, 15) is 4.79 Å². The number of carboxylic acid groups (broad SMARTS) is 1. The lowest BCUT2D eigenvalue weighted by Gasteiger charge is -2.03. The summed E-state index contributed by atoms with van der Waals surface area (Å²) in [6.45, 7) is 0. The SMILES string of the molecule is NC(Cc1coc2cccnc12)C(=O)O. The number of rotatable bonds is 3. The van der Waals surface area contributed by atoms with Gasteiger partial charge in [-0.1, -0.05) is 0 Å². The number of carbonyl (C=O) groups is 1. The summed E-state index contributed by atoms with van der Waals surface area (Å²) in [6.07, 6.45) is 3.35. The first-order chi connectivity index (χ1) is 7.18. The molecule has 0 aliphatic rings. The van der Waals surface area contributed by atoms with Crippen LogP contribution in [0.25, 0.3) is 11.1 Å². The lowest BCUT2D eigenvalue weighted by atomic mass is 10.1. The Labute approximate surface area is 85.5 Å². The Morgan fingerprint density at radius 2 is 2.47 bits per heavy atom. The van der Waals surface area contributed by atoms with E-state index < -0.39 is 12.0 Å². The molecule has 1 unspecified atom stereocenters. The lowest BCUT2D eigenvalue weighted by molar-refractivity contribution is -0.138. The number of aromatic nitrogens is 1. The summed E-state index contributed by atoms with van der Waals surface area (Å²) < 4.78 is 5.22. The van der Waals surface area contributed by atoms with Gasteiger partial charge in [-0.05, 0) is 12.1 Å². The molecule has 0 spiro atoms. The third-order valence-corrected chi connectivity index (χ3v) is 2.16. The van der Waals surface area contributed by atoms with Gasteiger partial charge in [0.1, 0.15) is 11.6 Å². The molecule has 0 aliphatic heterocycles. The first-order valence-electron chi connectivity index (χ1n) is 4.48. The molecular weight excluding hydrogens is 196 g/mol. The molecule has 5 nitrogen and oxygen atoms in total. The van der Waals surface area contributed by atoms with Crippen LogP contribution in [-0.2, 0) is 11.2 Å². The molecule has 15 heavy (non-hydrogen) atoms. The number of carboxylic acids is 1. The van der Waals surface area contributed by atoms with Crippen molar-refractivity contribution in [3.63, 3.8) is 0 Å². The summed E-state index contributed by atoms with van der Waals surface area (Å²) in [5.74, 6) is -1.03. The molecule has 0 saturated heterocycles. The number of furan rings is 1. The molecule has 5 heteroatoms. The van der Waals surface area contributed by atoms with E-state index in [1.165, 1.54) is 6.26 Å². The highest BCUT2D eigenvalue weighted by atomic mass is 16.4. The van der Waals surface area contributed by atoms with Crippen LogP contribution in [0.2, 0.25) is 0 Å². The number of aliphatic carboxylic acids is 1. The molecule has 0 aliphatic carbocycles.